The van der Waals surface area contributed by atoms with Crippen molar-refractivity contribution < 1.29 is 18.8 Å². The van der Waals surface area contributed by atoms with Crippen molar-refractivity contribution in [2.75, 3.05) is 0 Å². The molecule has 1 atom stereocenters. The Bertz CT molecular complexity index is 650. The molecule has 0 N–H and O–H groups in total. The second kappa shape index (κ2) is 9.75. The Labute approximate surface area is 170 Å². The minimum absolute atomic E-state index is 0.259. The highest BCUT2D eigenvalue weighted by Gasteiger charge is 2.52. The zero-order valence-electron chi connectivity index (χ0n) is 18.3. The summed E-state index contributed by atoms with van der Waals surface area (Å²) in [6, 6.07) is 10.3. The van der Waals surface area contributed by atoms with Crippen molar-refractivity contribution in [2.24, 2.45) is 0 Å². The maximum absolute atomic E-state index is 11.6. The van der Waals surface area contributed by atoms with Gasteiger partial charge < -0.3 is 14.0 Å². The van der Waals surface area contributed by atoms with Crippen LogP contribution in [0.4, 0.5) is 0 Å². The first-order valence-electron chi connectivity index (χ1n) is 10.4. The van der Waals surface area contributed by atoms with Crippen LogP contribution >= 0.6 is 0 Å². The predicted molar refractivity (Wildman–Crippen MR) is 114 cm³/mol. The molecule has 28 heavy (non-hydrogen) atoms. The Kier molecular flexibility index (Phi) is 7.91. The summed E-state index contributed by atoms with van der Waals surface area (Å²) in [6.45, 7) is 11.8. The first-order valence-corrected chi connectivity index (χ1v) is 10.4. The van der Waals surface area contributed by atoms with E-state index in [1.54, 1.807) is 0 Å². The van der Waals surface area contributed by atoms with Crippen LogP contribution in [0.15, 0.2) is 41.9 Å². The number of ether oxygens (including phenoxy) is 1. The molecular formula is C23H35BO4. The van der Waals surface area contributed by atoms with Gasteiger partial charge in [-0.1, -0.05) is 50.1 Å². The highest BCUT2D eigenvalue weighted by atomic mass is 16.7. The fourth-order valence-corrected chi connectivity index (χ4v) is 3.27. The SMILES string of the molecule is CCCCCC(/C=C(\Cc1ccccc1)B1OC(C)(C)C(C)(C)O1)OC(C)=O. The van der Waals surface area contributed by atoms with Gasteiger partial charge in [-0.05, 0) is 64.1 Å². The topological polar surface area (TPSA) is 44.8 Å². The Morgan fingerprint density at radius 3 is 2.25 bits per heavy atom. The highest BCUT2D eigenvalue weighted by molar-refractivity contribution is 6.54. The van der Waals surface area contributed by atoms with Crippen LogP contribution in [0.1, 0.15) is 72.8 Å². The maximum atomic E-state index is 11.6. The van der Waals surface area contributed by atoms with Gasteiger partial charge in [0.25, 0.3) is 0 Å². The number of carbonyl (C=O) groups is 1. The molecule has 2 rings (SSSR count). The summed E-state index contributed by atoms with van der Waals surface area (Å²) in [5.41, 5.74) is 1.37. The van der Waals surface area contributed by atoms with E-state index in [9.17, 15) is 4.79 Å². The summed E-state index contributed by atoms with van der Waals surface area (Å²) in [7, 11) is -0.450. The second-order valence-corrected chi connectivity index (χ2v) is 8.64. The van der Waals surface area contributed by atoms with E-state index >= 15 is 0 Å². The fourth-order valence-electron chi connectivity index (χ4n) is 3.27. The van der Waals surface area contributed by atoms with E-state index < -0.39 is 18.3 Å². The molecule has 0 aliphatic carbocycles. The van der Waals surface area contributed by atoms with Crippen molar-refractivity contribution in [1.29, 1.82) is 0 Å². The van der Waals surface area contributed by atoms with Gasteiger partial charge in [0, 0.05) is 6.92 Å². The van der Waals surface area contributed by atoms with Crippen LogP contribution in [0.2, 0.25) is 0 Å². The molecule has 1 heterocycles. The molecule has 1 aromatic rings. The lowest BCUT2D eigenvalue weighted by Crippen LogP contribution is -2.41. The van der Waals surface area contributed by atoms with E-state index in [-0.39, 0.29) is 12.1 Å². The van der Waals surface area contributed by atoms with E-state index in [4.69, 9.17) is 14.0 Å². The Morgan fingerprint density at radius 2 is 1.71 bits per heavy atom. The molecule has 0 bridgehead atoms. The maximum Gasteiger partial charge on any atom is 0.490 e. The zero-order chi connectivity index (χ0) is 20.8. The molecule has 0 radical (unpaired) electrons. The number of esters is 1. The number of benzene rings is 1. The Morgan fingerprint density at radius 1 is 1.11 bits per heavy atom. The molecule has 1 aliphatic rings. The van der Waals surface area contributed by atoms with Gasteiger partial charge in [0.2, 0.25) is 0 Å². The third-order valence-corrected chi connectivity index (χ3v) is 5.62. The van der Waals surface area contributed by atoms with Crippen LogP contribution in [0.25, 0.3) is 0 Å². The Hall–Kier alpha value is -1.59. The van der Waals surface area contributed by atoms with Crippen LogP contribution in [-0.2, 0) is 25.3 Å². The summed E-state index contributed by atoms with van der Waals surface area (Å²) in [5.74, 6) is -0.259. The molecule has 0 aromatic heterocycles. The average Bonchev–Trinajstić information content (AvgIpc) is 2.82. The molecule has 4 nitrogen and oxygen atoms in total. The first-order chi connectivity index (χ1) is 13.1. The highest BCUT2D eigenvalue weighted by Crippen LogP contribution is 2.39. The van der Waals surface area contributed by atoms with Gasteiger partial charge in [-0.15, -0.1) is 0 Å². The van der Waals surface area contributed by atoms with Gasteiger partial charge in [-0.2, -0.15) is 0 Å². The number of unbranched alkanes of at least 4 members (excludes halogenated alkanes) is 2. The standard InChI is InChI=1S/C23H35BO4/c1-7-8-10-15-21(26-18(2)25)17-20(16-19-13-11-9-12-14-19)24-27-22(3,4)23(5,6)28-24/h9,11-14,17,21H,7-8,10,15-16H2,1-6H3/b20-17+. The normalized spacial score (nSPS) is 19.5. The average molecular weight is 386 g/mol. The van der Waals surface area contributed by atoms with Crippen LogP contribution in [0.3, 0.4) is 0 Å². The minimum atomic E-state index is -0.450. The van der Waals surface area contributed by atoms with Crippen molar-refractivity contribution in [2.45, 2.75) is 91.0 Å². The summed E-state index contributed by atoms with van der Waals surface area (Å²) < 4.78 is 18.2. The van der Waals surface area contributed by atoms with Crippen molar-refractivity contribution in [1.82, 2.24) is 0 Å². The lowest BCUT2D eigenvalue weighted by Gasteiger charge is -2.32. The van der Waals surface area contributed by atoms with E-state index in [1.807, 2.05) is 24.3 Å². The molecule has 1 aromatic carbocycles. The minimum Gasteiger partial charge on any atom is -0.458 e. The molecule has 1 unspecified atom stereocenters. The molecule has 1 saturated heterocycles. The van der Waals surface area contributed by atoms with Gasteiger partial charge in [-0.3, -0.25) is 4.79 Å². The lowest BCUT2D eigenvalue weighted by molar-refractivity contribution is -0.144. The third kappa shape index (κ3) is 6.21. The van der Waals surface area contributed by atoms with Crippen molar-refractivity contribution in [3.05, 3.63) is 47.4 Å². The summed E-state index contributed by atoms with van der Waals surface area (Å²) in [6.07, 6.45) is 6.57. The lowest BCUT2D eigenvalue weighted by atomic mass is 9.73. The summed E-state index contributed by atoms with van der Waals surface area (Å²) >= 11 is 0. The van der Waals surface area contributed by atoms with Gasteiger partial charge >= 0.3 is 13.1 Å². The van der Waals surface area contributed by atoms with Gasteiger partial charge in [-0.25, -0.2) is 0 Å². The molecule has 1 aliphatic heterocycles. The van der Waals surface area contributed by atoms with Gasteiger partial charge in [0.15, 0.2) is 0 Å². The van der Waals surface area contributed by atoms with Crippen LogP contribution in [0.5, 0.6) is 0 Å². The van der Waals surface area contributed by atoms with Crippen LogP contribution in [0, 0.1) is 0 Å². The van der Waals surface area contributed by atoms with E-state index in [0.29, 0.717) is 6.42 Å². The number of hydrogen-bond acceptors (Lipinski definition) is 4. The molecule has 0 spiro atoms. The van der Waals surface area contributed by atoms with Gasteiger partial charge in [0.1, 0.15) is 6.10 Å². The first kappa shape index (κ1) is 22.7. The summed E-state index contributed by atoms with van der Waals surface area (Å²) in [4.78, 5) is 11.6. The largest absolute Gasteiger partial charge is 0.490 e. The predicted octanol–water partition coefficient (Wildman–Crippen LogP) is 5.30. The smallest absolute Gasteiger partial charge is 0.458 e. The number of hydrogen-bond donors (Lipinski definition) is 0. The van der Waals surface area contributed by atoms with Crippen molar-refractivity contribution in [3.63, 3.8) is 0 Å². The van der Waals surface area contributed by atoms with E-state index in [2.05, 4.69) is 46.8 Å². The molecule has 0 amide bonds. The monoisotopic (exact) mass is 386 g/mol. The van der Waals surface area contributed by atoms with Crippen LogP contribution < -0.4 is 0 Å². The quantitative estimate of drug-likeness (QED) is 0.328. The number of rotatable bonds is 9. The molecule has 1 fully saturated rings. The van der Waals surface area contributed by atoms with Crippen LogP contribution in [-0.4, -0.2) is 30.4 Å². The van der Waals surface area contributed by atoms with Crippen molar-refractivity contribution in [3.8, 4) is 0 Å². The summed E-state index contributed by atoms with van der Waals surface area (Å²) in [5, 5.41) is 0. The molecule has 0 saturated carbocycles. The second-order valence-electron chi connectivity index (χ2n) is 8.64. The molecule has 5 heteroatoms. The zero-order valence-corrected chi connectivity index (χ0v) is 18.3. The molecular weight excluding hydrogens is 351 g/mol. The fraction of sp³-hybridized carbons (Fsp3) is 0.609. The Balaban J connectivity index is 2.30. The third-order valence-electron chi connectivity index (χ3n) is 5.62. The van der Waals surface area contributed by atoms with Gasteiger partial charge in [0.05, 0.1) is 11.2 Å². The van der Waals surface area contributed by atoms with E-state index in [0.717, 1.165) is 31.2 Å². The molecule has 154 valence electrons. The number of carbonyl (C=O) groups excluding carboxylic acids is 1. The number of allylic oxidation sites excluding steroid dienone is 1. The van der Waals surface area contributed by atoms with Crippen molar-refractivity contribution >= 4 is 13.1 Å². The van der Waals surface area contributed by atoms with E-state index in [1.165, 1.54) is 12.5 Å².